The summed E-state index contributed by atoms with van der Waals surface area (Å²) in [6.45, 7) is -0.702. The van der Waals surface area contributed by atoms with Crippen molar-refractivity contribution in [1.82, 2.24) is 9.97 Å². The van der Waals surface area contributed by atoms with E-state index in [1.807, 2.05) is 0 Å². The van der Waals surface area contributed by atoms with Crippen LogP contribution in [0, 0.1) is 0 Å². The third kappa shape index (κ3) is 4.39. The first-order valence-corrected chi connectivity index (χ1v) is 3.99. The number of halogens is 3. The Morgan fingerprint density at radius 1 is 1.47 bits per heavy atom. The van der Waals surface area contributed by atoms with Crippen molar-refractivity contribution in [3.8, 4) is 0 Å². The van der Waals surface area contributed by atoms with Crippen LogP contribution in [0.25, 0.3) is 0 Å². The molecule has 0 saturated carbocycles. The van der Waals surface area contributed by atoms with E-state index in [4.69, 9.17) is 0 Å². The lowest BCUT2D eigenvalue weighted by Crippen LogP contribution is -2.15. The van der Waals surface area contributed by atoms with E-state index in [2.05, 4.69) is 14.7 Å². The average molecular weight is 220 g/mol. The summed E-state index contributed by atoms with van der Waals surface area (Å²) in [5.41, 5.74) is -0.0628. The highest BCUT2D eigenvalue weighted by Crippen LogP contribution is 2.19. The maximum atomic E-state index is 11.7. The lowest BCUT2D eigenvalue weighted by atomic mass is 10.4. The molecule has 0 aliphatic carbocycles. The highest BCUT2D eigenvalue weighted by Gasteiger charge is 2.27. The van der Waals surface area contributed by atoms with Crippen molar-refractivity contribution in [2.45, 2.75) is 12.6 Å². The molecule has 0 aromatic carbocycles. The van der Waals surface area contributed by atoms with Gasteiger partial charge < -0.3 is 4.74 Å². The summed E-state index contributed by atoms with van der Waals surface area (Å²) in [6, 6.07) is 1.26. The molecule has 82 valence electrons. The van der Waals surface area contributed by atoms with Crippen LogP contribution in [-0.2, 0) is 4.74 Å². The van der Waals surface area contributed by atoms with Gasteiger partial charge in [0.2, 0.25) is 0 Å². The summed E-state index contributed by atoms with van der Waals surface area (Å²) in [4.78, 5) is 18.1. The Morgan fingerprint density at radius 2 is 2.20 bits per heavy atom. The monoisotopic (exact) mass is 220 g/mol. The van der Waals surface area contributed by atoms with Gasteiger partial charge in [0, 0.05) is 6.20 Å². The molecule has 7 heteroatoms. The molecule has 0 aliphatic heterocycles. The largest absolute Gasteiger partial charge is 0.461 e. The van der Waals surface area contributed by atoms with E-state index < -0.39 is 25.2 Å². The van der Waals surface area contributed by atoms with Gasteiger partial charge in [0.1, 0.15) is 12.9 Å². The summed E-state index contributed by atoms with van der Waals surface area (Å²) in [5.74, 6) is -0.887. The van der Waals surface area contributed by atoms with Crippen molar-refractivity contribution < 1.29 is 22.7 Å². The number of hydrogen-bond donors (Lipinski definition) is 0. The standard InChI is InChI=1S/C8H7F3N2O2/c9-8(10,11)2-4-15-7(14)6-1-3-12-5-13-6/h1,3,5H,2,4H2. The molecule has 0 atom stereocenters. The van der Waals surface area contributed by atoms with E-state index in [1.165, 1.54) is 12.3 Å². The molecule has 0 saturated heterocycles. The molecule has 15 heavy (non-hydrogen) atoms. The predicted molar refractivity (Wildman–Crippen MR) is 43.0 cm³/mol. The molecule has 0 aliphatic rings. The van der Waals surface area contributed by atoms with Crippen LogP contribution in [0.3, 0.4) is 0 Å². The third-order valence-electron chi connectivity index (χ3n) is 1.41. The number of hydrogen-bond acceptors (Lipinski definition) is 4. The second kappa shape index (κ2) is 4.72. The molecule has 1 rings (SSSR count). The van der Waals surface area contributed by atoms with Crippen LogP contribution in [0.2, 0.25) is 0 Å². The van der Waals surface area contributed by atoms with Gasteiger partial charge in [-0.1, -0.05) is 0 Å². The van der Waals surface area contributed by atoms with E-state index in [1.54, 1.807) is 0 Å². The Kier molecular flexibility index (Phi) is 3.59. The van der Waals surface area contributed by atoms with Crippen LogP contribution in [0.4, 0.5) is 13.2 Å². The first-order valence-electron chi connectivity index (χ1n) is 3.99. The Morgan fingerprint density at radius 3 is 2.73 bits per heavy atom. The van der Waals surface area contributed by atoms with Gasteiger partial charge in [-0.3, -0.25) is 0 Å². The summed E-state index contributed by atoms with van der Waals surface area (Å²) >= 11 is 0. The SMILES string of the molecule is O=C(OCCC(F)(F)F)c1ccncn1. The number of carbonyl (C=O) groups is 1. The van der Waals surface area contributed by atoms with Crippen LogP contribution in [0.5, 0.6) is 0 Å². The minimum atomic E-state index is -4.33. The number of carbonyl (C=O) groups excluding carboxylic acids is 1. The molecule has 4 nitrogen and oxygen atoms in total. The zero-order chi connectivity index (χ0) is 11.3. The van der Waals surface area contributed by atoms with Crippen molar-refractivity contribution in [2.75, 3.05) is 6.61 Å². The highest BCUT2D eigenvalue weighted by atomic mass is 19.4. The fourth-order valence-corrected chi connectivity index (χ4v) is 0.745. The van der Waals surface area contributed by atoms with Crippen molar-refractivity contribution >= 4 is 5.97 Å². The minimum absolute atomic E-state index is 0.0628. The molecule has 1 aromatic heterocycles. The Balaban J connectivity index is 2.38. The number of ether oxygens (including phenoxy) is 1. The second-order valence-electron chi connectivity index (χ2n) is 2.60. The summed E-state index contributed by atoms with van der Waals surface area (Å²) in [7, 11) is 0. The molecule has 0 spiro atoms. The fourth-order valence-electron chi connectivity index (χ4n) is 0.745. The molecule has 0 unspecified atom stereocenters. The fraction of sp³-hybridized carbons (Fsp3) is 0.375. The second-order valence-corrected chi connectivity index (χ2v) is 2.60. The average Bonchev–Trinajstić information content (AvgIpc) is 2.17. The molecule has 0 amide bonds. The normalized spacial score (nSPS) is 11.1. The van der Waals surface area contributed by atoms with Gasteiger partial charge in [-0.15, -0.1) is 0 Å². The number of nitrogens with zero attached hydrogens (tertiary/aromatic N) is 2. The minimum Gasteiger partial charge on any atom is -0.461 e. The summed E-state index contributed by atoms with van der Waals surface area (Å²) < 4.78 is 39.4. The quantitative estimate of drug-likeness (QED) is 0.726. The van der Waals surface area contributed by atoms with E-state index in [9.17, 15) is 18.0 Å². The van der Waals surface area contributed by atoms with Crippen LogP contribution in [0.1, 0.15) is 16.9 Å². The van der Waals surface area contributed by atoms with Gasteiger partial charge in [0.25, 0.3) is 0 Å². The lowest BCUT2D eigenvalue weighted by molar-refractivity contribution is -0.141. The molecule has 0 bridgehead atoms. The predicted octanol–water partition coefficient (Wildman–Crippen LogP) is 1.59. The molecule has 0 radical (unpaired) electrons. The molecule has 1 heterocycles. The van der Waals surface area contributed by atoms with Crippen molar-refractivity contribution in [3.63, 3.8) is 0 Å². The zero-order valence-electron chi connectivity index (χ0n) is 7.49. The van der Waals surface area contributed by atoms with Gasteiger partial charge in [-0.25, -0.2) is 14.8 Å². The maximum Gasteiger partial charge on any atom is 0.392 e. The Bertz CT molecular complexity index is 326. The molecular weight excluding hydrogens is 213 g/mol. The Labute approximate surface area is 83.1 Å². The molecule has 0 N–H and O–H groups in total. The third-order valence-corrected chi connectivity index (χ3v) is 1.41. The van der Waals surface area contributed by atoms with E-state index in [-0.39, 0.29) is 5.69 Å². The van der Waals surface area contributed by atoms with Gasteiger partial charge >= 0.3 is 12.1 Å². The topological polar surface area (TPSA) is 52.1 Å². The van der Waals surface area contributed by atoms with Crippen LogP contribution in [0.15, 0.2) is 18.6 Å². The molecule has 1 aromatic rings. The van der Waals surface area contributed by atoms with Crippen molar-refractivity contribution in [1.29, 1.82) is 0 Å². The van der Waals surface area contributed by atoms with Crippen molar-refractivity contribution in [3.05, 3.63) is 24.3 Å². The van der Waals surface area contributed by atoms with Gasteiger partial charge in [-0.05, 0) is 6.07 Å². The molecule has 0 fully saturated rings. The first kappa shape index (κ1) is 11.4. The van der Waals surface area contributed by atoms with E-state index in [0.29, 0.717) is 0 Å². The van der Waals surface area contributed by atoms with Crippen LogP contribution in [-0.4, -0.2) is 28.7 Å². The van der Waals surface area contributed by atoms with Gasteiger partial charge in [-0.2, -0.15) is 13.2 Å². The van der Waals surface area contributed by atoms with Gasteiger partial charge in [0.05, 0.1) is 6.42 Å². The lowest BCUT2D eigenvalue weighted by Gasteiger charge is -2.06. The van der Waals surface area contributed by atoms with Crippen LogP contribution >= 0.6 is 0 Å². The number of rotatable bonds is 3. The summed E-state index contributed by atoms with van der Waals surface area (Å²) in [6.07, 6.45) is -3.08. The van der Waals surface area contributed by atoms with E-state index >= 15 is 0 Å². The van der Waals surface area contributed by atoms with Crippen LogP contribution < -0.4 is 0 Å². The summed E-state index contributed by atoms with van der Waals surface area (Å²) in [5, 5.41) is 0. The Hall–Kier alpha value is -1.66. The van der Waals surface area contributed by atoms with E-state index in [0.717, 1.165) is 6.33 Å². The number of alkyl halides is 3. The smallest absolute Gasteiger partial charge is 0.392 e. The first-order chi connectivity index (χ1) is 6.99. The number of aromatic nitrogens is 2. The molecular formula is C8H7F3N2O2. The highest BCUT2D eigenvalue weighted by molar-refractivity contribution is 5.86. The zero-order valence-corrected chi connectivity index (χ0v) is 7.49. The van der Waals surface area contributed by atoms with Gasteiger partial charge in [0.15, 0.2) is 5.69 Å². The maximum absolute atomic E-state index is 11.7. The van der Waals surface area contributed by atoms with Crippen molar-refractivity contribution in [2.24, 2.45) is 0 Å². The number of esters is 1.